The summed E-state index contributed by atoms with van der Waals surface area (Å²) >= 11 is 3.48. The molecule has 2 aromatic carbocycles. The molecule has 1 atom stereocenters. The van der Waals surface area contributed by atoms with E-state index in [9.17, 15) is 4.79 Å². The van der Waals surface area contributed by atoms with Crippen LogP contribution in [-0.4, -0.2) is 11.1 Å². The number of benzene rings is 2. The fourth-order valence-electron chi connectivity index (χ4n) is 2.19. The van der Waals surface area contributed by atoms with Crippen LogP contribution in [0.3, 0.4) is 0 Å². The first-order valence-electron chi connectivity index (χ1n) is 6.91. The Morgan fingerprint density at radius 1 is 1.32 bits per heavy atom. The van der Waals surface area contributed by atoms with Crippen LogP contribution >= 0.6 is 15.9 Å². The summed E-state index contributed by atoms with van der Waals surface area (Å²) < 4.78 is 6.64. The Bertz CT molecular complexity index is 635. The van der Waals surface area contributed by atoms with Gasteiger partial charge in [0.1, 0.15) is 12.4 Å². The highest BCUT2D eigenvalue weighted by atomic mass is 79.9. The lowest BCUT2D eigenvalue weighted by molar-refractivity contribution is -0.137. The van der Waals surface area contributed by atoms with Crippen molar-refractivity contribution in [3.05, 3.63) is 63.6 Å². The number of rotatable bonds is 6. The lowest BCUT2D eigenvalue weighted by Gasteiger charge is -2.16. The normalized spacial score (nSPS) is 12.0. The molecule has 0 amide bonds. The van der Waals surface area contributed by atoms with E-state index in [2.05, 4.69) is 15.9 Å². The minimum Gasteiger partial charge on any atom is -0.487 e. The van der Waals surface area contributed by atoms with Gasteiger partial charge in [-0.2, -0.15) is 0 Å². The molecule has 2 rings (SSSR count). The maximum atomic E-state index is 10.8. The van der Waals surface area contributed by atoms with Gasteiger partial charge in [0, 0.05) is 6.04 Å². The molecule has 0 radical (unpaired) electrons. The number of hydrogen-bond donors (Lipinski definition) is 2. The highest BCUT2D eigenvalue weighted by Crippen LogP contribution is 2.33. The quantitative estimate of drug-likeness (QED) is 0.818. The van der Waals surface area contributed by atoms with Crippen LogP contribution in [-0.2, 0) is 11.4 Å². The molecular weight excluding hydrogens is 346 g/mol. The summed E-state index contributed by atoms with van der Waals surface area (Å²) in [6.45, 7) is 2.39. The molecule has 5 heteroatoms. The third-order valence-electron chi connectivity index (χ3n) is 3.30. The zero-order chi connectivity index (χ0) is 16.1. The van der Waals surface area contributed by atoms with Gasteiger partial charge in [-0.05, 0) is 45.6 Å². The Balaban J connectivity index is 2.14. The van der Waals surface area contributed by atoms with Crippen LogP contribution < -0.4 is 10.5 Å². The molecule has 22 heavy (non-hydrogen) atoms. The van der Waals surface area contributed by atoms with Crippen LogP contribution in [0, 0.1) is 6.92 Å². The van der Waals surface area contributed by atoms with Crippen LogP contribution in [0.1, 0.15) is 29.2 Å². The SMILES string of the molecule is Cc1cc(C(N)CC(=O)O)cc(Br)c1OCc1ccccc1. The first kappa shape index (κ1) is 16.5. The van der Waals surface area contributed by atoms with Crippen molar-refractivity contribution in [2.24, 2.45) is 5.73 Å². The van der Waals surface area contributed by atoms with E-state index in [1.54, 1.807) is 0 Å². The number of aliphatic carboxylic acids is 1. The standard InChI is InChI=1S/C17H18BrNO3/c1-11-7-13(15(19)9-16(20)21)8-14(18)17(11)22-10-12-5-3-2-4-6-12/h2-8,15H,9-10,19H2,1H3,(H,20,21). The van der Waals surface area contributed by atoms with E-state index in [4.69, 9.17) is 15.6 Å². The molecule has 116 valence electrons. The minimum atomic E-state index is -0.911. The third-order valence-corrected chi connectivity index (χ3v) is 3.89. The number of carboxylic acids is 1. The number of carboxylic acid groups (broad SMARTS) is 1. The molecule has 3 N–H and O–H groups in total. The number of nitrogens with two attached hydrogens (primary N) is 1. The van der Waals surface area contributed by atoms with Gasteiger partial charge in [-0.1, -0.05) is 36.4 Å². The van der Waals surface area contributed by atoms with Crippen molar-refractivity contribution in [1.82, 2.24) is 0 Å². The second kappa shape index (κ2) is 7.42. The summed E-state index contributed by atoms with van der Waals surface area (Å²) in [5.41, 5.74) is 8.68. The summed E-state index contributed by atoms with van der Waals surface area (Å²) in [6, 6.07) is 13.1. The van der Waals surface area contributed by atoms with Gasteiger partial charge in [0.05, 0.1) is 10.9 Å². The van der Waals surface area contributed by atoms with E-state index in [1.807, 2.05) is 49.4 Å². The van der Waals surface area contributed by atoms with Gasteiger partial charge in [-0.25, -0.2) is 0 Å². The average molecular weight is 364 g/mol. The smallest absolute Gasteiger partial charge is 0.305 e. The molecule has 0 bridgehead atoms. The lowest BCUT2D eigenvalue weighted by atomic mass is 10.0. The predicted molar refractivity (Wildman–Crippen MR) is 88.8 cm³/mol. The largest absolute Gasteiger partial charge is 0.487 e. The Morgan fingerprint density at radius 2 is 2.00 bits per heavy atom. The molecule has 0 aliphatic heterocycles. The molecular formula is C17H18BrNO3. The van der Waals surface area contributed by atoms with Crippen molar-refractivity contribution in [2.45, 2.75) is 26.0 Å². The number of aryl methyl sites for hydroxylation is 1. The molecule has 0 aliphatic carbocycles. The molecule has 0 fully saturated rings. The monoisotopic (exact) mass is 363 g/mol. The van der Waals surface area contributed by atoms with E-state index >= 15 is 0 Å². The van der Waals surface area contributed by atoms with Crippen molar-refractivity contribution in [3.8, 4) is 5.75 Å². The third kappa shape index (κ3) is 4.32. The summed E-state index contributed by atoms with van der Waals surface area (Å²) in [7, 11) is 0. The van der Waals surface area contributed by atoms with Gasteiger partial charge in [0.2, 0.25) is 0 Å². The van der Waals surface area contributed by atoms with Gasteiger partial charge < -0.3 is 15.6 Å². The van der Waals surface area contributed by atoms with E-state index < -0.39 is 12.0 Å². The summed E-state index contributed by atoms with van der Waals surface area (Å²) in [5.74, 6) is -0.166. The Morgan fingerprint density at radius 3 is 2.59 bits per heavy atom. The first-order valence-corrected chi connectivity index (χ1v) is 7.71. The highest BCUT2D eigenvalue weighted by molar-refractivity contribution is 9.10. The van der Waals surface area contributed by atoms with Crippen LogP contribution in [0.2, 0.25) is 0 Å². The fraction of sp³-hybridized carbons (Fsp3) is 0.235. The predicted octanol–water partition coefficient (Wildman–Crippen LogP) is 3.81. The number of hydrogen-bond acceptors (Lipinski definition) is 3. The van der Waals surface area contributed by atoms with Gasteiger partial charge >= 0.3 is 5.97 Å². The number of carbonyl (C=O) groups is 1. The van der Waals surface area contributed by atoms with Gasteiger partial charge in [-0.3, -0.25) is 4.79 Å². The van der Waals surface area contributed by atoms with Crippen molar-refractivity contribution in [2.75, 3.05) is 0 Å². The summed E-state index contributed by atoms with van der Waals surface area (Å²) in [6.07, 6.45) is -0.101. The number of ether oxygens (including phenoxy) is 1. The van der Waals surface area contributed by atoms with Crippen LogP contribution in [0.4, 0.5) is 0 Å². The van der Waals surface area contributed by atoms with Crippen LogP contribution in [0.5, 0.6) is 5.75 Å². The Kier molecular flexibility index (Phi) is 5.57. The average Bonchev–Trinajstić information content (AvgIpc) is 2.46. The summed E-state index contributed by atoms with van der Waals surface area (Å²) in [5, 5.41) is 8.83. The fourth-order valence-corrected chi connectivity index (χ4v) is 2.88. The molecule has 0 saturated carbocycles. The molecule has 0 heterocycles. The zero-order valence-corrected chi connectivity index (χ0v) is 13.8. The van der Waals surface area contributed by atoms with Crippen molar-refractivity contribution in [1.29, 1.82) is 0 Å². The number of halogens is 1. The molecule has 1 unspecified atom stereocenters. The maximum Gasteiger partial charge on any atom is 0.305 e. The second-order valence-corrected chi connectivity index (χ2v) is 5.98. The molecule has 0 spiro atoms. The molecule has 0 saturated heterocycles. The van der Waals surface area contributed by atoms with Crippen molar-refractivity contribution in [3.63, 3.8) is 0 Å². The topological polar surface area (TPSA) is 72.6 Å². The van der Waals surface area contributed by atoms with Crippen LogP contribution in [0.15, 0.2) is 46.9 Å². The molecule has 0 aromatic heterocycles. The van der Waals surface area contributed by atoms with E-state index in [0.29, 0.717) is 6.61 Å². The van der Waals surface area contributed by atoms with Gasteiger partial charge in [0.15, 0.2) is 0 Å². The lowest BCUT2D eigenvalue weighted by Crippen LogP contribution is -2.15. The zero-order valence-electron chi connectivity index (χ0n) is 12.3. The molecule has 4 nitrogen and oxygen atoms in total. The van der Waals surface area contributed by atoms with Crippen molar-refractivity contribution >= 4 is 21.9 Å². The minimum absolute atomic E-state index is 0.101. The Hall–Kier alpha value is -1.85. The molecule has 0 aliphatic rings. The first-order chi connectivity index (χ1) is 10.5. The second-order valence-electron chi connectivity index (χ2n) is 5.13. The van der Waals surface area contributed by atoms with Crippen molar-refractivity contribution < 1.29 is 14.6 Å². The van der Waals surface area contributed by atoms with Gasteiger partial charge in [-0.15, -0.1) is 0 Å². The highest BCUT2D eigenvalue weighted by Gasteiger charge is 2.15. The van der Waals surface area contributed by atoms with Gasteiger partial charge in [0.25, 0.3) is 0 Å². The van der Waals surface area contributed by atoms with E-state index in [1.165, 1.54) is 0 Å². The van der Waals surface area contributed by atoms with E-state index in [0.717, 1.165) is 26.9 Å². The maximum absolute atomic E-state index is 10.8. The van der Waals surface area contributed by atoms with E-state index in [-0.39, 0.29) is 6.42 Å². The van der Waals surface area contributed by atoms with Crippen LogP contribution in [0.25, 0.3) is 0 Å². The molecule has 2 aromatic rings. The summed E-state index contributed by atoms with van der Waals surface area (Å²) in [4.78, 5) is 10.8. The Labute approximate surface area is 138 Å².